The van der Waals surface area contributed by atoms with Gasteiger partial charge in [-0.3, -0.25) is 4.99 Å². The van der Waals surface area contributed by atoms with E-state index in [2.05, 4.69) is 23.7 Å². The fourth-order valence-electron chi connectivity index (χ4n) is 2.21. The van der Waals surface area contributed by atoms with Gasteiger partial charge in [-0.25, -0.2) is 8.78 Å². The molecule has 1 rings (SSSR count). The molecule has 0 saturated carbocycles. The second-order valence-corrected chi connectivity index (χ2v) is 5.58. The van der Waals surface area contributed by atoms with Crippen LogP contribution in [0.4, 0.5) is 8.78 Å². The molecule has 1 heterocycles. The highest BCUT2D eigenvalue weighted by Crippen LogP contribution is 2.22. The Morgan fingerprint density at radius 1 is 1.32 bits per heavy atom. The Balaban J connectivity index is 2.62. The van der Waals surface area contributed by atoms with Crippen molar-refractivity contribution in [2.75, 3.05) is 19.6 Å². The number of alkyl halides is 2. The predicted octanol–water partition coefficient (Wildman–Crippen LogP) is 4.27. The van der Waals surface area contributed by atoms with Crippen LogP contribution >= 0.6 is 0 Å². The first kappa shape index (κ1) is 16.3. The Morgan fingerprint density at radius 3 is 2.53 bits per heavy atom. The van der Waals surface area contributed by atoms with E-state index in [1.54, 1.807) is 0 Å². The summed E-state index contributed by atoms with van der Waals surface area (Å²) in [6, 6.07) is 0. The molecule has 0 fully saturated rings. The van der Waals surface area contributed by atoms with E-state index in [4.69, 9.17) is 0 Å². The summed E-state index contributed by atoms with van der Waals surface area (Å²) < 4.78 is 25.7. The summed E-state index contributed by atoms with van der Waals surface area (Å²) in [7, 11) is 0. The van der Waals surface area contributed by atoms with Gasteiger partial charge in [0.25, 0.3) is 0 Å². The third-order valence-corrected chi connectivity index (χ3v) is 3.66. The molecule has 0 saturated heterocycles. The molecule has 0 aromatic carbocycles. The highest BCUT2D eigenvalue weighted by molar-refractivity contribution is 5.83. The average Bonchev–Trinajstić information content (AvgIpc) is 2.49. The van der Waals surface area contributed by atoms with Gasteiger partial charge in [0, 0.05) is 37.3 Å². The van der Waals surface area contributed by atoms with E-state index in [9.17, 15) is 8.78 Å². The van der Waals surface area contributed by atoms with Gasteiger partial charge in [-0.15, -0.1) is 0 Å². The lowest BCUT2D eigenvalue weighted by Crippen LogP contribution is -2.24. The maximum atomic E-state index is 12.8. The van der Waals surface area contributed by atoms with Crippen molar-refractivity contribution in [2.24, 2.45) is 4.99 Å². The zero-order valence-corrected chi connectivity index (χ0v) is 12.6. The summed E-state index contributed by atoms with van der Waals surface area (Å²) in [6.07, 6.45) is 2.22. The van der Waals surface area contributed by atoms with Crippen LogP contribution in [0.5, 0.6) is 0 Å². The quantitative estimate of drug-likeness (QED) is 0.682. The topological polar surface area (TPSA) is 15.6 Å². The maximum Gasteiger partial charge on any atom is 0.245 e. The summed E-state index contributed by atoms with van der Waals surface area (Å²) in [5.74, 6) is -2.59. The Bertz CT molecular complexity index is 354. The standard InChI is InChI=1S/C15H26F2N2/c1-5-19-10-7-12(2)14(8-11-19)18-13(3)6-9-15(4,16)17/h5-11H2,1-4H3. The molecule has 0 N–H and O–H groups in total. The molecule has 1 aliphatic rings. The number of rotatable bonds is 5. The second-order valence-electron chi connectivity index (χ2n) is 5.58. The van der Waals surface area contributed by atoms with Crippen LogP contribution in [0.2, 0.25) is 0 Å². The summed E-state index contributed by atoms with van der Waals surface area (Å²) >= 11 is 0. The monoisotopic (exact) mass is 272 g/mol. The molecule has 0 radical (unpaired) electrons. The number of hydrogen-bond acceptors (Lipinski definition) is 2. The van der Waals surface area contributed by atoms with Crippen LogP contribution in [0.3, 0.4) is 0 Å². The summed E-state index contributed by atoms with van der Waals surface area (Å²) in [5, 5.41) is 0. The minimum atomic E-state index is -2.59. The van der Waals surface area contributed by atoms with Gasteiger partial charge in [-0.2, -0.15) is 0 Å². The van der Waals surface area contributed by atoms with Crippen LogP contribution in [-0.2, 0) is 0 Å². The van der Waals surface area contributed by atoms with Gasteiger partial charge in [0.2, 0.25) is 5.92 Å². The fraction of sp³-hybridized carbons (Fsp3) is 0.800. The SMILES string of the molecule is CCN1CCC(C)=C(N=C(C)CCC(C)(F)F)CC1. The van der Waals surface area contributed by atoms with Gasteiger partial charge < -0.3 is 4.90 Å². The number of hydrogen-bond donors (Lipinski definition) is 0. The van der Waals surface area contributed by atoms with Gasteiger partial charge in [-0.05, 0) is 40.2 Å². The summed E-state index contributed by atoms with van der Waals surface area (Å²) in [4.78, 5) is 6.99. The lowest BCUT2D eigenvalue weighted by Gasteiger charge is -2.16. The molecular weight excluding hydrogens is 246 g/mol. The molecule has 0 aromatic rings. The highest BCUT2D eigenvalue weighted by atomic mass is 19.3. The van der Waals surface area contributed by atoms with Crippen LogP contribution in [0, 0.1) is 0 Å². The van der Waals surface area contributed by atoms with Crippen molar-refractivity contribution >= 4 is 5.71 Å². The smallest absolute Gasteiger partial charge is 0.245 e. The molecule has 0 bridgehead atoms. The Morgan fingerprint density at radius 2 is 1.95 bits per heavy atom. The Hall–Kier alpha value is -0.770. The van der Waals surface area contributed by atoms with E-state index in [0.29, 0.717) is 6.42 Å². The first-order chi connectivity index (χ1) is 8.81. The molecule has 0 aliphatic carbocycles. The first-order valence-corrected chi connectivity index (χ1v) is 7.15. The molecule has 0 aromatic heterocycles. The number of aliphatic imine (C=N–C) groups is 1. The van der Waals surface area contributed by atoms with Gasteiger partial charge >= 0.3 is 0 Å². The van der Waals surface area contributed by atoms with Crippen LogP contribution in [0.15, 0.2) is 16.3 Å². The maximum absolute atomic E-state index is 12.8. The third kappa shape index (κ3) is 6.28. The third-order valence-electron chi connectivity index (χ3n) is 3.66. The highest BCUT2D eigenvalue weighted by Gasteiger charge is 2.20. The van der Waals surface area contributed by atoms with Crippen LogP contribution < -0.4 is 0 Å². The molecule has 2 nitrogen and oxygen atoms in total. The van der Waals surface area contributed by atoms with Crippen molar-refractivity contribution in [3.63, 3.8) is 0 Å². The van der Waals surface area contributed by atoms with Crippen molar-refractivity contribution in [1.82, 2.24) is 4.90 Å². The van der Waals surface area contributed by atoms with E-state index in [0.717, 1.165) is 50.8 Å². The van der Waals surface area contributed by atoms with Gasteiger partial charge in [0.15, 0.2) is 0 Å². The number of halogens is 2. The van der Waals surface area contributed by atoms with Gasteiger partial charge in [-0.1, -0.05) is 12.5 Å². The fourth-order valence-corrected chi connectivity index (χ4v) is 2.21. The normalized spacial score (nSPS) is 19.8. The van der Waals surface area contributed by atoms with Crippen molar-refractivity contribution in [3.8, 4) is 0 Å². The van der Waals surface area contributed by atoms with E-state index in [1.807, 2.05) is 6.92 Å². The lowest BCUT2D eigenvalue weighted by atomic mass is 10.1. The van der Waals surface area contributed by atoms with Crippen molar-refractivity contribution < 1.29 is 8.78 Å². The zero-order chi connectivity index (χ0) is 14.5. The van der Waals surface area contributed by atoms with Crippen molar-refractivity contribution in [3.05, 3.63) is 11.3 Å². The van der Waals surface area contributed by atoms with E-state index >= 15 is 0 Å². The van der Waals surface area contributed by atoms with E-state index in [-0.39, 0.29) is 6.42 Å². The van der Waals surface area contributed by atoms with Crippen LogP contribution in [-0.4, -0.2) is 36.2 Å². The van der Waals surface area contributed by atoms with Crippen molar-refractivity contribution in [1.29, 1.82) is 0 Å². The first-order valence-electron chi connectivity index (χ1n) is 7.15. The van der Waals surface area contributed by atoms with Crippen LogP contribution in [0.25, 0.3) is 0 Å². The molecule has 0 atom stereocenters. The van der Waals surface area contributed by atoms with Crippen molar-refractivity contribution in [2.45, 2.75) is 59.3 Å². The average molecular weight is 272 g/mol. The minimum absolute atomic E-state index is 0.115. The molecule has 1 aliphatic heterocycles. The van der Waals surface area contributed by atoms with Crippen LogP contribution in [0.1, 0.15) is 53.4 Å². The molecule has 19 heavy (non-hydrogen) atoms. The number of nitrogens with zero attached hydrogens (tertiary/aromatic N) is 2. The van der Waals surface area contributed by atoms with Gasteiger partial charge in [0.1, 0.15) is 0 Å². The van der Waals surface area contributed by atoms with E-state index in [1.165, 1.54) is 5.57 Å². The zero-order valence-electron chi connectivity index (χ0n) is 12.6. The lowest BCUT2D eigenvalue weighted by molar-refractivity contribution is 0.0150. The minimum Gasteiger partial charge on any atom is -0.303 e. The van der Waals surface area contributed by atoms with E-state index < -0.39 is 5.92 Å². The molecule has 0 spiro atoms. The molecule has 0 amide bonds. The van der Waals surface area contributed by atoms with Gasteiger partial charge in [0.05, 0.1) is 0 Å². The Labute approximate surface area is 115 Å². The predicted molar refractivity (Wildman–Crippen MR) is 77.0 cm³/mol. The molecular formula is C15H26F2N2. The summed E-state index contributed by atoms with van der Waals surface area (Å²) in [6.45, 7) is 10.3. The largest absolute Gasteiger partial charge is 0.303 e. The molecule has 4 heteroatoms. The molecule has 0 unspecified atom stereocenters. The Kier molecular flexibility index (Phi) is 6.11. The summed E-state index contributed by atoms with van der Waals surface area (Å²) in [5.41, 5.74) is 3.23. The molecule has 110 valence electrons. The second kappa shape index (κ2) is 7.13.